The topological polar surface area (TPSA) is 59.4 Å². The third kappa shape index (κ3) is 3.32. The number of para-hydroxylation sites is 1. The summed E-state index contributed by atoms with van der Waals surface area (Å²) in [6, 6.07) is 8.61. The maximum Gasteiger partial charge on any atom is 0.409 e. The minimum absolute atomic E-state index is 0.211. The Morgan fingerprint density at radius 1 is 1.39 bits per heavy atom. The van der Waals surface area contributed by atoms with Crippen LogP contribution in [-0.2, 0) is 17.8 Å². The molecular formula is C17H24N4O2. The number of nitrogens with one attached hydrogen (secondary N) is 1. The number of nitrogens with zero attached hydrogens (tertiary/aromatic N) is 3. The fourth-order valence-corrected chi connectivity index (χ4v) is 3.12. The normalized spacial score (nSPS) is 17.8. The van der Waals surface area contributed by atoms with E-state index < -0.39 is 0 Å². The molecule has 3 rings (SSSR count). The first-order valence-corrected chi connectivity index (χ1v) is 8.32. The molecule has 124 valence electrons. The maximum atomic E-state index is 11.7. The van der Waals surface area contributed by atoms with Gasteiger partial charge < -0.3 is 15.0 Å². The molecule has 23 heavy (non-hydrogen) atoms. The van der Waals surface area contributed by atoms with Crippen LogP contribution in [0, 0.1) is 0 Å². The highest BCUT2D eigenvalue weighted by molar-refractivity contribution is 5.81. The van der Waals surface area contributed by atoms with Crippen molar-refractivity contribution < 1.29 is 9.53 Å². The summed E-state index contributed by atoms with van der Waals surface area (Å²) in [5.41, 5.74) is 2.24. The fourth-order valence-electron chi connectivity index (χ4n) is 3.12. The average Bonchev–Trinajstić information content (AvgIpc) is 3.18. The molecule has 2 aromatic rings. The number of hydrogen-bond donors (Lipinski definition) is 1. The Kier molecular flexibility index (Phi) is 4.81. The third-order valence-corrected chi connectivity index (χ3v) is 4.31. The zero-order valence-electron chi connectivity index (χ0n) is 13.8. The van der Waals surface area contributed by atoms with Crippen LogP contribution in [0.4, 0.5) is 4.79 Å². The quantitative estimate of drug-likeness (QED) is 0.920. The molecule has 1 amide bonds. The van der Waals surface area contributed by atoms with Gasteiger partial charge in [0.05, 0.1) is 17.8 Å². The lowest BCUT2D eigenvalue weighted by Gasteiger charge is -2.16. The number of ether oxygens (including phenoxy) is 1. The Morgan fingerprint density at radius 2 is 2.22 bits per heavy atom. The Labute approximate surface area is 136 Å². The first-order chi connectivity index (χ1) is 11.2. The lowest BCUT2D eigenvalue weighted by atomic mass is 10.2. The highest BCUT2D eigenvalue weighted by atomic mass is 16.6. The van der Waals surface area contributed by atoms with Gasteiger partial charge in [-0.2, -0.15) is 5.10 Å². The van der Waals surface area contributed by atoms with E-state index >= 15 is 0 Å². The molecule has 1 aliphatic rings. The van der Waals surface area contributed by atoms with Gasteiger partial charge in [0.15, 0.2) is 0 Å². The highest BCUT2D eigenvalue weighted by Crippen LogP contribution is 2.19. The van der Waals surface area contributed by atoms with E-state index in [1.165, 1.54) is 10.9 Å². The van der Waals surface area contributed by atoms with Gasteiger partial charge in [0, 0.05) is 37.6 Å². The second-order valence-corrected chi connectivity index (χ2v) is 5.79. The number of hydrogen-bond acceptors (Lipinski definition) is 4. The second-order valence-electron chi connectivity index (χ2n) is 5.79. The van der Waals surface area contributed by atoms with Gasteiger partial charge in [0.2, 0.25) is 0 Å². The molecule has 1 aromatic carbocycles. The predicted octanol–water partition coefficient (Wildman–Crippen LogP) is 2.38. The van der Waals surface area contributed by atoms with Gasteiger partial charge in [-0.1, -0.05) is 18.2 Å². The van der Waals surface area contributed by atoms with Crippen LogP contribution in [0.15, 0.2) is 24.3 Å². The summed E-state index contributed by atoms with van der Waals surface area (Å²) in [5, 5.41) is 9.43. The number of fused-ring (bicyclic) bond motifs is 1. The van der Waals surface area contributed by atoms with E-state index in [0.29, 0.717) is 19.2 Å². The van der Waals surface area contributed by atoms with Crippen molar-refractivity contribution in [3.8, 4) is 0 Å². The number of carbonyl (C=O) groups excluding carboxylic acids is 1. The molecule has 1 fully saturated rings. The van der Waals surface area contributed by atoms with Crippen LogP contribution >= 0.6 is 0 Å². The van der Waals surface area contributed by atoms with Gasteiger partial charge in [-0.05, 0) is 26.3 Å². The summed E-state index contributed by atoms with van der Waals surface area (Å²) < 4.78 is 7.09. The van der Waals surface area contributed by atoms with Gasteiger partial charge in [-0.3, -0.25) is 4.68 Å². The largest absolute Gasteiger partial charge is 0.450 e. The first kappa shape index (κ1) is 15.8. The van der Waals surface area contributed by atoms with Gasteiger partial charge in [0.1, 0.15) is 0 Å². The zero-order valence-corrected chi connectivity index (χ0v) is 13.8. The standard InChI is InChI=1S/C17H24N4O2/c1-3-21-16-8-6-5-7-14(16)15(19-21)11-18-13-9-10-20(12-13)17(22)23-4-2/h5-8,13,18H,3-4,9-12H2,1-2H3/t13-/m0/s1. The van der Waals surface area contributed by atoms with Gasteiger partial charge in [0.25, 0.3) is 0 Å². The lowest BCUT2D eigenvalue weighted by molar-refractivity contribution is 0.115. The van der Waals surface area contributed by atoms with Gasteiger partial charge >= 0.3 is 6.09 Å². The summed E-state index contributed by atoms with van der Waals surface area (Å²) >= 11 is 0. The molecule has 6 nitrogen and oxygen atoms in total. The second kappa shape index (κ2) is 7.00. The molecule has 0 aliphatic carbocycles. The van der Waals surface area contributed by atoms with Crippen molar-refractivity contribution in [2.24, 2.45) is 0 Å². The Hall–Kier alpha value is -2.08. The molecular weight excluding hydrogens is 292 g/mol. The monoisotopic (exact) mass is 316 g/mol. The van der Waals surface area contributed by atoms with Crippen LogP contribution in [0.5, 0.6) is 0 Å². The van der Waals surface area contributed by atoms with Crippen LogP contribution in [0.2, 0.25) is 0 Å². The molecule has 0 radical (unpaired) electrons. The summed E-state index contributed by atoms with van der Waals surface area (Å²) in [5.74, 6) is 0. The van der Waals surface area contributed by atoms with Crippen LogP contribution in [0.1, 0.15) is 26.0 Å². The molecule has 6 heteroatoms. The Morgan fingerprint density at radius 3 is 3.00 bits per heavy atom. The molecule has 0 unspecified atom stereocenters. The predicted molar refractivity (Wildman–Crippen MR) is 89.2 cm³/mol. The van der Waals surface area contributed by atoms with Crippen LogP contribution in [0.25, 0.3) is 10.9 Å². The van der Waals surface area contributed by atoms with Crippen LogP contribution < -0.4 is 5.32 Å². The molecule has 1 atom stereocenters. The van der Waals surface area contributed by atoms with Crippen LogP contribution in [-0.4, -0.2) is 46.5 Å². The van der Waals surface area contributed by atoms with E-state index in [1.807, 2.05) is 23.7 Å². The van der Waals surface area contributed by atoms with Crippen molar-refractivity contribution in [1.82, 2.24) is 20.0 Å². The number of benzene rings is 1. The van der Waals surface area contributed by atoms with E-state index in [0.717, 1.165) is 31.7 Å². The average molecular weight is 316 g/mol. The van der Waals surface area contributed by atoms with Crippen LogP contribution in [0.3, 0.4) is 0 Å². The molecule has 2 heterocycles. The van der Waals surface area contributed by atoms with E-state index in [1.54, 1.807) is 4.90 Å². The van der Waals surface area contributed by atoms with Crippen molar-refractivity contribution in [2.45, 2.75) is 39.4 Å². The molecule has 0 saturated carbocycles. The number of carbonyl (C=O) groups is 1. The molecule has 1 aliphatic heterocycles. The first-order valence-electron chi connectivity index (χ1n) is 8.32. The van der Waals surface area contributed by atoms with E-state index in [4.69, 9.17) is 9.84 Å². The molecule has 1 aromatic heterocycles. The molecule has 0 bridgehead atoms. The zero-order chi connectivity index (χ0) is 16.2. The minimum Gasteiger partial charge on any atom is -0.450 e. The van der Waals surface area contributed by atoms with E-state index in [2.05, 4.69) is 24.4 Å². The number of amides is 1. The third-order valence-electron chi connectivity index (χ3n) is 4.31. The molecule has 1 saturated heterocycles. The minimum atomic E-state index is -0.211. The maximum absolute atomic E-state index is 11.7. The van der Waals surface area contributed by atoms with Gasteiger partial charge in [-0.15, -0.1) is 0 Å². The number of aromatic nitrogens is 2. The Balaban J connectivity index is 1.62. The lowest BCUT2D eigenvalue weighted by Crippen LogP contribution is -2.35. The highest BCUT2D eigenvalue weighted by Gasteiger charge is 2.27. The molecule has 0 spiro atoms. The summed E-state index contributed by atoms with van der Waals surface area (Å²) in [4.78, 5) is 13.5. The Bertz CT molecular complexity index is 682. The molecule has 1 N–H and O–H groups in total. The van der Waals surface area contributed by atoms with E-state index in [9.17, 15) is 4.79 Å². The van der Waals surface area contributed by atoms with Crippen molar-refractivity contribution in [2.75, 3.05) is 19.7 Å². The van der Waals surface area contributed by atoms with Gasteiger partial charge in [-0.25, -0.2) is 4.79 Å². The van der Waals surface area contributed by atoms with E-state index in [-0.39, 0.29) is 6.09 Å². The van der Waals surface area contributed by atoms with Crippen molar-refractivity contribution in [1.29, 1.82) is 0 Å². The smallest absolute Gasteiger partial charge is 0.409 e. The fraction of sp³-hybridized carbons (Fsp3) is 0.529. The van der Waals surface area contributed by atoms with Crippen molar-refractivity contribution >= 4 is 17.0 Å². The number of aryl methyl sites for hydroxylation is 1. The SMILES string of the molecule is CCOC(=O)N1CC[C@H](NCc2nn(CC)c3ccccc23)C1. The summed E-state index contributed by atoms with van der Waals surface area (Å²) in [6.07, 6.45) is 0.739. The summed E-state index contributed by atoms with van der Waals surface area (Å²) in [7, 11) is 0. The van der Waals surface area contributed by atoms with Crippen molar-refractivity contribution in [3.05, 3.63) is 30.0 Å². The van der Waals surface area contributed by atoms with Crippen molar-refractivity contribution in [3.63, 3.8) is 0 Å². The number of likely N-dealkylation sites (tertiary alicyclic amines) is 1. The summed E-state index contributed by atoms with van der Waals surface area (Å²) in [6.45, 7) is 7.39. The number of rotatable bonds is 5.